The Morgan fingerprint density at radius 1 is 0.909 bits per heavy atom. The van der Waals surface area contributed by atoms with Gasteiger partial charge in [0.1, 0.15) is 6.73 Å². The van der Waals surface area contributed by atoms with E-state index in [2.05, 4.69) is 77.6 Å². The van der Waals surface area contributed by atoms with Gasteiger partial charge in [-0.15, -0.1) is 0 Å². The molecule has 1 aliphatic rings. The molecule has 1 saturated heterocycles. The summed E-state index contributed by atoms with van der Waals surface area (Å²) in [5.74, 6) is 0. The molecule has 2 aromatic rings. The van der Waals surface area contributed by atoms with Gasteiger partial charge in [-0.2, -0.15) is 5.06 Å². The van der Waals surface area contributed by atoms with Crippen molar-refractivity contribution in [2.45, 2.75) is 32.5 Å². The molecule has 3 heteroatoms. The number of rotatable bonds is 5. The van der Waals surface area contributed by atoms with E-state index in [1.165, 1.54) is 11.1 Å². The van der Waals surface area contributed by atoms with Crippen LogP contribution in [0.3, 0.4) is 0 Å². The average Bonchev–Trinajstić information content (AvgIpc) is 2.58. The molecule has 1 aliphatic heterocycles. The van der Waals surface area contributed by atoms with Gasteiger partial charge in [-0.3, -0.25) is 9.74 Å². The van der Waals surface area contributed by atoms with Crippen molar-refractivity contribution in [3.8, 4) is 0 Å². The number of hydrogen-bond donors (Lipinski definition) is 0. The van der Waals surface area contributed by atoms with Crippen LogP contribution in [-0.4, -0.2) is 29.3 Å². The standard InChI is InChI=1S/C19H24N2O/c1-2-19-15-20(13-17-9-5-3-6-10-17)16-22-21(19)14-18-11-7-4-8-12-18/h3-12,19H,2,13-16H2,1H3/t19-/m0/s1. The van der Waals surface area contributed by atoms with Crippen LogP contribution in [0.25, 0.3) is 0 Å². The first-order valence-corrected chi connectivity index (χ1v) is 8.05. The molecule has 0 aromatic heterocycles. The third-order valence-corrected chi connectivity index (χ3v) is 4.18. The van der Waals surface area contributed by atoms with E-state index in [0.29, 0.717) is 12.8 Å². The Bertz CT molecular complexity index is 558. The van der Waals surface area contributed by atoms with Crippen LogP contribution in [0.5, 0.6) is 0 Å². The Kier molecular flexibility index (Phi) is 5.22. The summed E-state index contributed by atoms with van der Waals surface area (Å²) in [6, 6.07) is 21.6. The molecule has 3 nitrogen and oxygen atoms in total. The molecule has 22 heavy (non-hydrogen) atoms. The van der Waals surface area contributed by atoms with Crippen LogP contribution in [0.1, 0.15) is 24.5 Å². The van der Waals surface area contributed by atoms with Crippen LogP contribution < -0.4 is 0 Å². The van der Waals surface area contributed by atoms with Gasteiger partial charge in [-0.05, 0) is 17.5 Å². The topological polar surface area (TPSA) is 15.7 Å². The predicted octanol–water partition coefficient (Wildman–Crippen LogP) is 3.67. The number of hydroxylamine groups is 2. The fourth-order valence-electron chi connectivity index (χ4n) is 2.93. The molecule has 1 fully saturated rings. The van der Waals surface area contributed by atoms with Crippen molar-refractivity contribution in [2.75, 3.05) is 13.3 Å². The van der Waals surface area contributed by atoms with E-state index in [1.54, 1.807) is 0 Å². The molecule has 1 atom stereocenters. The molecule has 0 radical (unpaired) electrons. The van der Waals surface area contributed by atoms with Crippen molar-refractivity contribution in [1.82, 2.24) is 9.96 Å². The zero-order chi connectivity index (χ0) is 15.2. The molecule has 0 bridgehead atoms. The monoisotopic (exact) mass is 296 g/mol. The molecule has 0 aliphatic carbocycles. The minimum absolute atomic E-state index is 0.442. The lowest BCUT2D eigenvalue weighted by atomic mass is 10.1. The third kappa shape index (κ3) is 3.95. The molecule has 116 valence electrons. The van der Waals surface area contributed by atoms with E-state index in [9.17, 15) is 0 Å². The van der Waals surface area contributed by atoms with Gasteiger partial charge in [0.25, 0.3) is 0 Å². The zero-order valence-corrected chi connectivity index (χ0v) is 13.2. The van der Waals surface area contributed by atoms with E-state index >= 15 is 0 Å². The van der Waals surface area contributed by atoms with Crippen LogP contribution in [0.4, 0.5) is 0 Å². The van der Waals surface area contributed by atoms with Gasteiger partial charge in [0.15, 0.2) is 0 Å². The first-order chi connectivity index (χ1) is 10.8. The van der Waals surface area contributed by atoms with Crippen LogP contribution in [0, 0.1) is 0 Å². The SMILES string of the molecule is CC[C@H]1CN(Cc2ccccc2)CON1Cc1ccccc1. The first kappa shape index (κ1) is 15.2. The van der Waals surface area contributed by atoms with Crippen molar-refractivity contribution in [1.29, 1.82) is 0 Å². The second kappa shape index (κ2) is 7.54. The Morgan fingerprint density at radius 3 is 2.09 bits per heavy atom. The second-order valence-electron chi connectivity index (χ2n) is 5.88. The fraction of sp³-hybridized carbons (Fsp3) is 0.368. The summed E-state index contributed by atoms with van der Waals surface area (Å²) < 4.78 is 0. The zero-order valence-electron chi connectivity index (χ0n) is 13.2. The Balaban J connectivity index is 1.59. The van der Waals surface area contributed by atoms with E-state index in [0.717, 1.165) is 26.1 Å². The molecule has 0 unspecified atom stereocenters. The van der Waals surface area contributed by atoms with Crippen LogP contribution in [0.15, 0.2) is 60.7 Å². The second-order valence-corrected chi connectivity index (χ2v) is 5.88. The van der Waals surface area contributed by atoms with Crippen molar-refractivity contribution >= 4 is 0 Å². The Hall–Kier alpha value is -1.68. The highest BCUT2D eigenvalue weighted by Gasteiger charge is 2.26. The molecule has 0 saturated carbocycles. The van der Waals surface area contributed by atoms with Crippen LogP contribution >= 0.6 is 0 Å². The highest BCUT2D eigenvalue weighted by molar-refractivity contribution is 5.15. The average molecular weight is 296 g/mol. The quantitative estimate of drug-likeness (QED) is 0.837. The summed E-state index contributed by atoms with van der Waals surface area (Å²) in [5.41, 5.74) is 2.65. The van der Waals surface area contributed by atoms with Gasteiger partial charge >= 0.3 is 0 Å². The molecule has 1 heterocycles. The molecule has 0 spiro atoms. The maximum Gasteiger partial charge on any atom is 0.122 e. The highest BCUT2D eigenvalue weighted by Crippen LogP contribution is 2.19. The fourth-order valence-corrected chi connectivity index (χ4v) is 2.93. The molecule has 0 N–H and O–H groups in total. The molecular formula is C19H24N2O. The van der Waals surface area contributed by atoms with Crippen molar-refractivity contribution in [3.63, 3.8) is 0 Å². The molecular weight excluding hydrogens is 272 g/mol. The van der Waals surface area contributed by atoms with Crippen molar-refractivity contribution in [2.24, 2.45) is 0 Å². The minimum Gasteiger partial charge on any atom is -0.283 e. The largest absolute Gasteiger partial charge is 0.283 e. The lowest BCUT2D eigenvalue weighted by Gasteiger charge is -2.40. The molecule has 2 aromatic carbocycles. The normalized spacial score (nSPS) is 20.1. The lowest BCUT2D eigenvalue weighted by Crippen LogP contribution is -2.50. The maximum absolute atomic E-state index is 6.03. The van der Waals surface area contributed by atoms with Gasteiger partial charge in [-0.25, -0.2) is 0 Å². The van der Waals surface area contributed by atoms with E-state index in [-0.39, 0.29) is 0 Å². The van der Waals surface area contributed by atoms with E-state index in [4.69, 9.17) is 4.84 Å². The van der Waals surface area contributed by atoms with Crippen LogP contribution in [0.2, 0.25) is 0 Å². The van der Waals surface area contributed by atoms with Gasteiger partial charge < -0.3 is 0 Å². The number of hydrogen-bond acceptors (Lipinski definition) is 3. The van der Waals surface area contributed by atoms with Crippen molar-refractivity contribution < 1.29 is 4.84 Å². The first-order valence-electron chi connectivity index (χ1n) is 8.05. The van der Waals surface area contributed by atoms with E-state index < -0.39 is 0 Å². The summed E-state index contributed by atoms with van der Waals surface area (Å²) in [4.78, 5) is 8.41. The Labute approximate surface area is 133 Å². The smallest absolute Gasteiger partial charge is 0.122 e. The lowest BCUT2D eigenvalue weighted by molar-refractivity contribution is -0.259. The molecule has 0 amide bonds. The molecule has 3 rings (SSSR count). The predicted molar refractivity (Wildman–Crippen MR) is 88.9 cm³/mol. The summed E-state index contributed by atoms with van der Waals surface area (Å²) in [5, 5.41) is 2.15. The van der Waals surface area contributed by atoms with Gasteiger partial charge in [-0.1, -0.05) is 67.6 Å². The van der Waals surface area contributed by atoms with Gasteiger partial charge in [0, 0.05) is 25.7 Å². The van der Waals surface area contributed by atoms with Gasteiger partial charge in [0.2, 0.25) is 0 Å². The third-order valence-electron chi connectivity index (χ3n) is 4.18. The number of nitrogens with zero attached hydrogens (tertiary/aromatic N) is 2. The van der Waals surface area contributed by atoms with Crippen molar-refractivity contribution in [3.05, 3.63) is 71.8 Å². The summed E-state index contributed by atoms with van der Waals surface area (Å²) in [6.45, 7) is 5.77. The van der Waals surface area contributed by atoms with E-state index in [1.807, 2.05) is 0 Å². The van der Waals surface area contributed by atoms with Gasteiger partial charge in [0.05, 0.1) is 0 Å². The Morgan fingerprint density at radius 2 is 1.50 bits per heavy atom. The minimum atomic E-state index is 0.442. The summed E-state index contributed by atoms with van der Waals surface area (Å²) >= 11 is 0. The van der Waals surface area contributed by atoms with Crippen LogP contribution in [-0.2, 0) is 17.9 Å². The summed E-state index contributed by atoms with van der Waals surface area (Å²) in [7, 11) is 0. The summed E-state index contributed by atoms with van der Waals surface area (Å²) in [6.07, 6.45) is 1.10. The highest BCUT2D eigenvalue weighted by atomic mass is 16.7. The maximum atomic E-state index is 6.03. The number of benzene rings is 2.